The van der Waals surface area contributed by atoms with Crippen LogP contribution in [0.4, 0.5) is 0 Å². The number of hydrogen-bond donors (Lipinski definition) is 3. The quantitative estimate of drug-likeness (QED) is 0.202. The van der Waals surface area contributed by atoms with Gasteiger partial charge in [-0.25, -0.2) is 0 Å². The standard InChI is InChI=1S/C24H49NO4/c1-2-3-4-5-6-7-8-9-10-11-12-13-14-15-16-17-20-29-21-18-19-25-24(28)23(27)22-26/h23,26-27H,2-22H2,1H3,(H,25,28). The Morgan fingerprint density at radius 3 is 1.59 bits per heavy atom. The Balaban J connectivity index is 3.07. The first-order valence-corrected chi connectivity index (χ1v) is 12.4. The van der Waals surface area contributed by atoms with Crippen molar-refractivity contribution in [2.45, 2.75) is 122 Å². The van der Waals surface area contributed by atoms with Crippen LogP contribution in [0.5, 0.6) is 0 Å². The van der Waals surface area contributed by atoms with Crippen molar-refractivity contribution in [3.63, 3.8) is 0 Å². The van der Waals surface area contributed by atoms with Crippen LogP contribution in [0.25, 0.3) is 0 Å². The maximum atomic E-state index is 11.2. The summed E-state index contributed by atoms with van der Waals surface area (Å²) < 4.78 is 5.56. The highest BCUT2D eigenvalue weighted by atomic mass is 16.5. The van der Waals surface area contributed by atoms with E-state index < -0.39 is 18.6 Å². The zero-order chi connectivity index (χ0) is 21.4. The Labute approximate surface area is 180 Å². The van der Waals surface area contributed by atoms with Gasteiger partial charge in [0, 0.05) is 19.8 Å². The lowest BCUT2D eigenvalue weighted by molar-refractivity contribution is -0.131. The van der Waals surface area contributed by atoms with Gasteiger partial charge in [-0.15, -0.1) is 0 Å². The average Bonchev–Trinajstić information content (AvgIpc) is 2.74. The van der Waals surface area contributed by atoms with Gasteiger partial charge in [-0.1, -0.05) is 103 Å². The van der Waals surface area contributed by atoms with Crippen LogP contribution in [0.1, 0.15) is 116 Å². The molecule has 1 atom stereocenters. The number of rotatable bonds is 23. The van der Waals surface area contributed by atoms with Gasteiger partial charge in [0.2, 0.25) is 0 Å². The summed E-state index contributed by atoms with van der Waals surface area (Å²) in [5.41, 5.74) is 0. The number of amides is 1. The van der Waals surface area contributed by atoms with Crippen molar-refractivity contribution in [1.82, 2.24) is 5.32 Å². The summed E-state index contributed by atoms with van der Waals surface area (Å²) in [5, 5.41) is 20.3. The lowest BCUT2D eigenvalue weighted by Gasteiger charge is -2.09. The molecule has 5 nitrogen and oxygen atoms in total. The molecular weight excluding hydrogens is 366 g/mol. The van der Waals surface area contributed by atoms with E-state index >= 15 is 0 Å². The van der Waals surface area contributed by atoms with E-state index in [0.717, 1.165) is 19.4 Å². The van der Waals surface area contributed by atoms with Gasteiger partial charge in [0.15, 0.2) is 6.10 Å². The van der Waals surface area contributed by atoms with Crippen molar-refractivity contribution in [1.29, 1.82) is 0 Å². The van der Waals surface area contributed by atoms with E-state index in [0.29, 0.717) is 13.2 Å². The highest BCUT2D eigenvalue weighted by Gasteiger charge is 2.11. The fraction of sp³-hybridized carbons (Fsp3) is 0.958. The van der Waals surface area contributed by atoms with Crippen molar-refractivity contribution in [2.75, 3.05) is 26.4 Å². The molecule has 1 unspecified atom stereocenters. The first-order chi connectivity index (χ1) is 14.2. The Morgan fingerprint density at radius 1 is 0.724 bits per heavy atom. The van der Waals surface area contributed by atoms with Gasteiger partial charge in [0.05, 0.1) is 6.61 Å². The summed E-state index contributed by atoms with van der Waals surface area (Å²) in [5.74, 6) is -0.523. The normalized spacial score (nSPS) is 12.2. The van der Waals surface area contributed by atoms with Crippen LogP contribution in [0, 0.1) is 0 Å². The zero-order valence-corrected chi connectivity index (χ0v) is 19.1. The molecule has 0 aromatic rings. The number of unbranched alkanes of at least 4 members (excludes halogenated alkanes) is 15. The van der Waals surface area contributed by atoms with E-state index in [1.807, 2.05) is 0 Å². The highest BCUT2D eigenvalue weighted by Crippen LogP contribution is 2.13. The largest absolute Gasteiger partial charge is 0.393 e. The van der Waals surface area contributed by atoms with E-state index in [-0.39, 0.29) is 0 Å². The molecule has 0 spiro atoms. The van der Waals surface area contributed by atoms with E-state index in [2.05, 4.69) is 12.2 Å². The van der Waals surface area contributed by atoms with E-state index in [1.54, 1.807) is 0 Å². The molecule has 29 heavy (non-hydrogen) atoms. The number of aliphatic hydroxyl groups is 2. The first-order valence-electron chi connectivity index (χ1n) is 12.4. The van der Waals surface area contributed by atoms with Gasteiger partial charge >= 0.3 is 0 Å². The number of nitrogens with one attached hydrogen (secondary N) is 1. The van der Waals surface area contributed by atoms with Crippen molar-refractivity contribution in [3.05, 3.63) is 0 Å². The first kappa shape index (κ1) is 28.4. The molecule has 0 aliphatic rings. The summed E-state index contributed by atoms with van der Waals surface area (Å²) in [4.78, 5) is 11.2. The maximum Gasteiger partial charge on any atom is 0.251 e. The third-order valence-corrected chi connectivity index (χ3v) is 5.38. The third kappa shape index (κ3) is 21.9. The van der Waals surface area contributed by atoms with Gasteiger partial charge in [0.25, 0.3) is 5.91 Å². The molecule has 0 fully saturated rings. The third-order valence-electron chi connectivity index (χ3n) is 5.38. The Bertz CT molecular complexity index is 339. The minimum absolute atomic E-state index is 0.467. The summed E-state index contributed by atoms with van der Waals surface area (Å²) in [6, 6.07) is 0. The Morgan fingerprint density at radius 2 is 1.14 bits per heavy atom. The summed E-state index contributed by atoms with van der Waals surface area (Å²) in [6.45, 7) is 3.61. The second-order valence-electron chi connectivity index (χ2n) is 8.26. The molecule has 0 saturated carbocycles. The van der Waals surface area contributed by atoms with Crippen LogP contribution < -0.4 is 5.32 Å². The van der Waals surface area contributed by atoms with Gasteiger partial charge in [-0.3, -0.25) is 4.79 Å². The molecule has 0 radical (unpaired) electrons. The second-order valence-corrected chi connectivity index (χ2v) is 8.26. The second kappa shape index (κ2) is 23.6. The van der Waals surface area contributed by atoms with Crippen molar-refractivity contribution < 1.29 is 19.7 Å². The van der Waals surface area contributed by atoms with Crippen LogP contribution in [0.15, 0.2) is 0 Å². The van der Waals surface area contributed by atoms with Crippen molar-refractivity contribution in [3.8, 4) is 0 Å². The molecular formula is C24H49NO4. The van der Waals surface area contributed by atoms with Gasteiger partial charge < -0.3 is 20.3 Å². The predicted octanol–water partition coefficient (Wildman–Crippen LogP) is 5.12. The Kier molecular flexibility index (Phi) is 23.1. The number of aliphatic hydroxyl groups excluding tert-OH is 2. The predicted molar refractivity (Wildman–Crippen MR) is 121 cm³/mol. The molecule has 174 valence electrons. The smallest absolute Gasteiger partial charge is 0.251 e. The molecule has 0 aliphatic heterocycles. The summed E-state index contributed by atoms with van der Waals surface area (Å²) >= 11 is 0. The molecule has 0 aromatic carbocycles. The molecule has 0 saturated heterocycles. The molecule has 0 aromatic heterocycles. The molecule has 0 aliphatic carbocycles. The van der Waals surface area contributed by atoms with Crippen LogP contribution >= 0.6 is 0 Å². The number of ether oxygens (including phenoxy) is 1. The molecule has 5 heteroatoms. The minimum Gasteiger partial charge on any atom is -0.393 e. The lowest BCUT2D eigenvalue weighted by atomic mass is 10.0. The molecule has 0 heterocycles. The molecule has 3 N–H and O–H groups in total. The summed E-state index contributed by atoms with van der Waals surface area (Å²) in [7, 11) is 0. The number of carbonyl (C=O) groups excluding carboxylic acids is 1. The minimum atomic E-state index is -1.32. The fourth-order valence-electron chi connectivity index (χ4n) is 3.44. The maximum absolute atomic E-state index is 11.2. The highest BCUT2D eigenvalue weighted by molar-refractivity contribution is 5.80. The van der Waals surface area contributed by atoms with Crippen LogP contribution in [0.2, 0.25) is 0 Å². The fourth-order valence-corrected chi connectivity index (χ4v) is 3.44. The topological polar surface area (TPSA) is 78.8 Å². The monoisotopic (exact) mass is 415 g/mol. The summed E-state index contributed by atoms with van der Waals surface area (Å²) in [6.07, 6.45) is 21.3. The average molecular weight is 416 g/mol. The van der Waals surface area contributed by atoms with E-state index in [1.165, 1.54) is 96.3 Å². The van der Waals surface area contributed by atoms with Crippen LogP contribution in [0.3, 0.4) is 0 Å². The van der Waals surface area contributed by atoms with Gasteiger partial charge in [-0.2, -0.15) is 0 Å². The molecule has 0 rings (SSSR count). The van der Waals surface area contributed by atoms with Crippen LogP contribution in [-0.2, 0) is 9.53 Å². The number of hydrogen-bond acceptors (Lipinski definition) is 4. The Hall–Kier alpha value is -0.650. The van der Waals surface area contributed by atoms with Crippen molar-refractivity contribution in [2.24, 2.45) is 0 Å². The zero-order valence-electron chi connectivity index (χ0n) is 19.1. The van der Waals surface area contributed by atoms with Crippen LogP contribution in [-0.4, -0.2) is 48.6 Å². The molecule has 1 amide bonds. The lowest BCUT2D eigenvalue weighted by Crippen LogP contribution is -2.37. The van der Waals surface area contributed by atoms with Gasteiger partial charge in [-0.05, 0) is 12.8 Å². The van der Waals surface area contributed by atoms with E-state index in [4.69, 9.17) is 14.9 Å². The van der Waals surface area contributed by atoms with E-state index in [9.17, 15) is 4.79 Å². The number of carbonyl (C=O) groups is 1. The molecule has 0 bridgehead atoms. The van der Waals surface area contributed by atoms with Crippen molar-refractivity contribution >= 4 is 5.91 Å². The van der Waals surface area contributed by atoms with Gasteiger partial charge in [0.1, 0.15) is 0 Å². The SMILES string of the molecule is CCCCCCCCCCCCCCCCCCOCCCNC(=O)C(O)CO.